The summed E-state index contributed by atoms with van der Waals surface area (Å²) in [4.78, 5) is 13.7. The quantitative estimate of drug-likeness (QED) is 0.766. The Morgan fingerprint density at radius 1 is 1.53 bits per heavy atom. The zero-order chi connectivity index (χ0) is 13.8. The van der Waals surface area contributed by atoms with Gasteiger partial charge in [-0.2, -0.15) is 0 Å². The van der Waals surface area contributed by atoms with Gasteiger partial charge in [-0.05, 0) is 38.8 Å². The largest absolute Gasteiger partial charge is 0.376 e. The van der Waals surface area contributed by atoms with E-state index in [-0.39, 0.29) is 17.5 Å². The summed E-state index contributed by atoms with van der Waals surface area (Å²) < 4.78 is 19.4. The number of carbonyl (C=O) groups is 1. The standard InChI is InChI=1S/C15H20FNO2/c1-3-17(10-12-6-5-9-19-12)14-8-4-7-13(16)15(14)11(2)18/h4,7-8,12H,3,5-6,9-10H2,1-2H3. The van der Waals surface area contributed by atoms with Gasteiger partial charge in [0.2, 0.25) is 0 Å². The third-order valence-electron chi connectivity index (χ3n) is 3.51. The topological polar surface area (TPSA) is 29.5 Å². The van der Waals surface area contributed by atoms with Crippen molar-refractivity contribution in [1.82, 2.24) is 0 Å². The molecule has 0 spiro atoms. The lowest BCUT2D eigenvalue weighted by atomic mass is 10.1. The van der Waals surface area contributed by atoms with E-state index < -0.39 is 5.82 Å². The molecule has 2 rings (SSSR count). The number of likely N-dealkylation sites (N-methyl/N-ethyl adjacent to an activating group) is 1. The fraction of sp³-hybridized carbons (Fsp3) is 0.533. The van der Waals surface area contributed by atoms with Crippen LogP contribution >= 0.6 is 0 Å². The molecule has 1 saturated heterocycles. The van der Waals surface area contributed by atoms with Crippen LogP contribution in [0.5, 0.6) is 0 Å². The molecule has 0 saturated carbocycles. The first-order valence-electron chi connectivity index (χ1n) is 6.79. The van der Waals surface area contributed by atoms with Crippen LogP contribution in [0.3, 0.4) is 0 Å². The maximum atomic E-state index is 13.8. The lowest BCUT2D eigenvalue weighted by Gasteiger charge is -2.27. The summed E-state index contributed by atoms with van der Waals surface area (Å²) in [5.74, 6) is -0.685. The Bertz CT molecular complexity index is 455. The number of anilines is 1. The zero-order valence-electron chi connectivity index (χ0n) is 11.5. The Labute approximate surface area is 113 Å². The van der Waals surface area contributed by atoms with Crippen LogP contribution in [0.2, 0.25) is 0 Å². The highest BCUT2D eigenvalue weighted by molar-refractivity contribution is 6.00. The van der Waals surface area contributed by atoms with Gasteiger partial charge in [-0.15, -0.1) is 0 Å². The molecule has 1 heterocycles. The Kier molecular flexibility index (Phi) is 4.53. The predicted molar refractivity (Wildman–Crippen MR) is 73.3 cm³/mol. The summed E-state index contributed by atoms with van der Waals surface area (Å²) in [6.07, 6.45) is 2.29. The summed E-state index contributed by atoms with van der Waals surface area (Å²) >= 11 is 0. The van der Waals surface area contributed by atoms with Gasteiger partial charge in [-0.25, -0.2) is 4.39 Å². The van der Waals surface area contributed by atoms with Crippen LogP contribution in [-0.4, -0.2) is 31.6 Å². The van der Waals surface area contributed by atoms with Gasteiger partial charge in [-0.3, -0.25) is 4.79 Å². The number of hydrogen-bond acceptors (Lipinski definition) is 3. The number of ketones is 1. The van der Waals surface area contributed by atoms with E-state index in [4.69, 9.17) is 4.74 Å². The highest BCUT2D eigenvalue weighted by Gasteiger charge is 2.22. The van der Waals surface area contributed by atoms with Gasteiger partial charge in [0, 0.05) is 19.7 Å². The molecule has 0 aromatic heterocycles. The minimum absolute atomic E-state index is 0.183. The molecule has 1 fully saturated rings. The van der Waals surface area contributed by atoms with Crippen LogP contribution in [-0.2, 0) is 4.74 Å². The molecule has 1 aliphatic heterocycles. The second kappa shape index (κ2) is 6.15. The van der Waals surface area contributed by atoms with Gasteiger partial charge < -0.3 is 9.64 Å². The number of rotatable bonds is 5. The molecule has 1 aromatic carbocycles. The highest BCUT2D eigenvalue weighted by Crippen LogP contribution is 2.25. The van der Waals surface area contributed by atoms with Gasteiger partial charge in [0.05, 0.1) is 17.4 Å². The molecule has 3 nitrogen and oxygen atoms in total. The van der Waals surface area contributed by atoms with Crippen molar-refractivity contribution in [2.24, 2.45) is 0 Å². The maximum absolute atomic E-state index is 13.8. The molecule has 1 unspecified atom stereocenters. The van der Waals surface area contributed by atoms with Gasteiger partial charge in [-0.1, -0.05) is 6.07 Å². The SMILES string of the molecule is CCN(CC1CCCO1)c1cccc(F)c1C(C)=O. The molecule has 1 aromatic rings. The van der Waals surface area contributed by atoms with E-state index in [2.05, 4.69) is 0 Å². The smallest absolute Gasteiger partial charge is 0.164 e. The summed E-state index contributed by atoms with van der Waals surface area (Å²) in [5.41, 5.74) is 0.854. The number of hydrogen-bond donors (Lipinski definition) is 0. The molecule has 1 atom stereocenters. The van der Waals surface area contributed by atoms with E-state index in [1.54, 1.807) is 12.1 Å². The van der Waals surface area contributed by atoms with Crippen molar-refractivity contribution >= 4 is 11.5 Å². The lowest BCUT2D eigenvalue weighted by molar-refractivity contribution is 0.101. The van der Waals surface area contributed by atoms with Crippen LogP contribution in [0.15, 0.2) is 18.2 Å². The van der Waals surface area contributed by atoms with Crippen molar-refractivity contribution < 1.29 is 13.9 Å². The van der Waals surface area contributed by atoms with E-state index >= 15 is 0 Å². The van der Waals surface area contributed by atoms with Gasteiger partial charge in [0.15, 0.2) is 5.78 Å². The zero-order valence-corrected chi connectivity index (χ0v) is 11.5. The Morgan fingerprint density at radius 3 is 2.89 bits per heavy atom. The molecule has 0 N–H and O–H groups in total. The summed E-state index contributed by atoms with van der Waals surface area (Å²) in [6, 6.07) is 4.79. The van der Waals surface area contributed by atoms with Gasteiger partial charge in [0.25, 0.3) is 0 Å². The van der Waals surface area contributed by atoms with E-state index in [0.29, 0.717) is 12.2 Å². The minimum atomic E-state index is -0.448. The molecule has 0 bridgehead atoms. The van der Waals surface area contributed by atoms with Gasteiger partial charge >= 0.3 is 0 Å². The van der Waals surface area contributed by atoms with Crippen molar-refractivity contribution in [2.75, 3.05) is 24.6 Å². The molecular weight excluding hydrogens is 245 g/mol. The first kappa shape index (κ1) is 14.0. The number of halogens is 1. The van der Waals surface area contributed by atoms with Crippen LogP contribution < -0.4 is 4.90 Å². The normalized spacial score (nSPS) is 18.6. The minimum Gasteiger partial charge on any atom is -0.376 e. The summed E-state index contributed by atoms with van der Waals surface area (Å²) in [6.45, 7) is 5.64. The Balaban J connectivity index is 2.26. The third-order valence-corrected chi connectivity index (χ3v) is 3.51. The van der Waals surface area contributed by atoms with E-state index in [0.717, 1.165) is 26.0 Å². The molecule has 0 radical (unpaired) electrons. The summed E-state index contributed by atoms with van der Waals surface area (Å²) in [7, 11) is 0. The number of nitrogens with zero attached hydrogens (tertiary/aromatic N) is 1. The van der Waals surface area contributed by atoms with Crippen molar-refractivity contribution in [3.05, 3.63) is 29.6 Å². The first-order valence-corrected chi connectivity index (χ1v) is 6.79. The third kappa shape index (κ3) is 3.13. The monoisotopic (exact) mass is 265 g/mol. The van der Waals surface area contributed by atoms with Crippen LogP contribution in [0.25, 0.3) is 0 Å². The second-order valence-corrected chi connectivity index (χ2v) is 4.86. The van der Waals surface area contributed by atoms with Crippen molar-refractivity contribution in [3.8, 4) is 0 Å². The van der Waals surface area contributed by atoms with Crippen LogP contribution in [0, 0.1) is 5.82 Å². The fourth-order valence-electron chi connectivity index (χ4n) is 2.56. The molecular formula is C15H20FNO2. The van der Waals surface area contributed by atoms with Crippen LogP contribution in [0.1, 0.15) is 37.0 Å². The van der Waals surface area contributed by atoms with Gasteiger partial charge in [0.1, 0.15) is 5.82 Å². The van der Waals surface area contributed by atoms with Crippen molar-refractivity contribution in [2.45, 2.75) is 32.8 Å². The number of carbonyl (C=O) groups excluding carboxylic acids is 1. The number of ether oxygens (including phenoxy) is 1. The second-order valence-electron chi connectivity index (χ2n) is 4.86. The lowest BCUT2D eigenvalue weighted by Crippen LogP contribution is -2.33. The Morgan fingerprint density at radius 2 is 2.32 bits per heavy atom. The average Bonchev–Trinajstić information content (AvgIpc) is 2.88. The highest BCUT2D eigenvalue weighted by atomic mass is 19.1. The molecule has 0 amide bonds. The first-order chi connectivity index (χ1) is 9.13. The Hall–Kier alpha value is -1.42. The molecule has 4 heteroatoms. The molecule has 19 heavy (non-hydrogen) atoms. The van der Waals surface area contributed by atoms with Crippen molar-refractivity contribution in [3.63, 3.8) is 0 Å². The number of Topliss-reactive ketones (excluding diaryl/α,β-unsaturated/α-hetero) is 1. The van der Waals surface area contributed by atoms with E-state index in [1.165, 1.54) is 13.0 Å². The average molecular weight is 265 g/mol. The fourth-order valence-corrected chi connectivity index (χ4v) is 2.56. The summed E-state index contributed by atoms with van der Waals surface area (Å²) in [5, 5.41) is 0. The van der Waals surface area contributed by atoms with Crippen LogP contribution in [0.4, 0.5) is 10.1 Å². The van der Waals surface area contributed by atoms with E-state index in [1.807, 2.05) is 11.8 Å². The van der Waals surface area contributed by atoms with Crippen molar-refractivity contribution in [1.29, 1.82) is 0 Å². The maximum Gasteiger partial charge on any atom is 0.164 e. The predicted octanol–water partition coefficient (Wildman–Crippen LogP) is 3.03. The molecule has 1 aliphatic rings. The van der Waals surface area contributed by atoms with E-state index in [9.17, 15) is 9.18 Å². The molecule has 104 valence electrons. The number of benzene rings is 1. The molecule has 0 aliphatic carbocycles.